The number of tetrazole rings is 2. The van der Waals surface area contributed by atoms with Crippen molar-refractivity contribution < 1.29 is 43.0 Å². The first kappa shape index (κ1) is 52.4. The zero-order valence-electron chi connectivity index (χ0n) is 43.2. The molecule has 0 saturated heterocycles. The van der Waals surface area contributed by atoms with Crippen molar-refractivity contribution in [2.45, 2.75) is 92.5 Å². The van der Waals surface area contributed by atoms with Gasteiger partial charge in [0.1, 0.15) is 37.0 Å². The number of aromatic nitrogens is 12. The van der Waals surface area contributed by atoms with Crippen LogP contribution in [-0.4, -0.2) is 72.1 Å². The summed E-state index contributed by atoms with van der Waals surface area (Å²) in [4.78, 5) is 49.3. The Hall–Kier alpha value is -8.91. The molecule has 0 fully saturated rings. The first-order valence-corrected chi connectivity index (χ1v) is 24.5. The van der Waals surface area contributed by atoms with E-state index >= 15 is 0 Å². The molecule has 0 aliphatic carbocycles. The predicted molar refractivity (Wildman–Crippen MR) is 276 cm³/mol. The molecule has 0 unspecified atom stereocenters. The number of hydrogen-bond acceptors (Lipinski definition) is 13. The third kappa shape index (κ3) is 11.8. The van der Waals surface area contributed by atoms with Crippen LogP contribution < -0.4 is 15.4 Å². The van der Waals surface area contributed by atoms with Crippen molar-refractivity contribution in [3.63, 3.8) is 0 Å². The smallest absolute Gasteiger partial charge is 0.477 e. The number of aliphatic hydroxyl groups is 1. The molecular weight excluding hydrogens is 957 g/mol. The standard InChI is InChI=1S/C30H30N6O5.C25H28N6O3/c1-6-9-25-31-26(18(2)3)27(29(37)39-17-24-19(4)40-30(38)41-24)36(25)16-20-12-14-21(15-13-20)22-10-7-8-11-23(22)28-32-34-35(5)33-28;1-5-8-20-26-22(25(2,3)34)21(24(32)33)31(20)15-16-11-13-17(14-12-16)18-9-6-7-10-19(18)23-27-29-30(4)28-23/h7-8,10-15H,2,6,9,16-17H2,1,3-5H3;6-7,9-14,34H,5,8,15H2,1-4H3,(H,32,33)/p+2. The largest absolute Gasteiger partial charge is 0.519 e. The number of rotatable bonds is 18. The number of benzene rings is 4. The summed E-state index contributed by atoms with van der Waals surface area (Å²) >= 11 is 0. The van der Waals surface area contributed by atoms with Crippen molar-refractivity contribution in [1.29, 1.82) is 0 Å². The van der Waals surface area contributed by atoms with Gasteiger partial charge in [-0.3, -0.25) is 0 Å². The maximum Gasteiger partial charge on any atom is 0.519 e. The third-order valence-electron chi connectivity index (χ3n) is 12.2. The van der Waals surface area contributed by atoms with Crippen LogP contribution in [0.4, 0.5) is 0 Å². The fraction of sp³-hybridized carbons (Fsp3) is 0.291. The summed E-state index contributed by atoms with van der Waals surface area (Å²) in [5.74, 6) is 0.525. The van der Waals surface area contributed by atoms with Crippen LogP contribution in [-0.2, 0) is 57.0 Å². The van der Waals surface area contributed by atoms with E-state index in [0.29, 0.717) is 60.4 Å². The molecule has 0 atom stereocenters. The number of nitrogens with zero attached hydrogens (tertiary/aromatic N) is 10. The van der Waals surface area contributed by atoms with Crippen LogP contribution >= 0.6 is 0 Å². The number of hydrogen-bond donors (Lipinski definition) is 4. The molecule has 386 valence electrons. The molecule has 0 bridgehead atoms. The Kier molecular flexibility index (Phi) is 15.7. The maximum atomic E-state index is 13.4. The van der Waals surface area contributed by atoms with Crippen LogP contribution in [0.15, 0.2) is 117 Å². The van der Waals surface area contributed by atoms with E-state index in [2.05, 4.69) is 49.3 Å². The highest BCUT2D eigenvalue weighted by Crippen LogP contribution is 2.33. The van der Waals surface area contributed by atoms with Gasteiger partial charge in [-0.2, -0.15) is 0 Å². The fourth-order valence-electron chi connectivity index (χ4n) is 8.67. The Balaban J connectivity index is 0.000000203. The van der Waals surface area contributed by atoms with E-state index in [1.165, 1.54) is 0 Å². The number of nitrogens with one attached hydrogen (secondary N) is 2. The number of esters is 1. The minimum absolute atomic E-state index is 0.0304. The van der Waals surface area contributed by atoms with Gasteiger partial charge in [0.25, 0.3) is 0 Å². The summed E-state index contributed by atoms with van der Waals surface area (Å²) in [5.41, 5.74) is 8.04. The number of H-pyrrole nitrogens is 2. The lowest BCUT2D eigenvalue weighted by Gasteiger charge is -2.16. The predicted octanol–water partition coefficient (Wildman–Crippen LogP) is 7.49. The molecule has 0 aliphatic rings. The van der Waals surface area contributed by atoms with E-state index in [9.17, 15) is 24.6 Å². The molecule has 0 radical (unpaired) electrons. The van der Waals surface area contributed by atoms with Crippen LogP contribution in [0.2, 0.25) is 0 Å². The van der Waals surface area contributed by atoms with Crippen LogP contribution in [0.5, 0.6) is 0 Å². The fourth-order valence-corrected chi connectivity index (χ4v) is 8.67. The Morgan fingerprint density at radius 1 is 0.720 bits per heavy atom. The zero-order valence-corrected chi connectivity index (χ0v) is 43.2. The summed E-state index contributed by atoms with van der Waals surface area (Å²) in [6.07, 6.45) is 2.95. The first-order chi connectivity index (χ1) is 35.9. The highest BCUT2D eigenvalue weighted by Gasteiger charge is 2.32. The molecule has 0 aliphatic heterocycles. The van der Waals surface area contributed by atoms with Gasteiger partial charge < -0.3 is 32.9 Å². The molecule has 0 saturated carbocycles. The van der Waals surface area contributed by atoms with E-state index in [0.717, 1.165) is 63.2 Å². The van der Waals surface area contributed by atoms with Crippen molar-refractivity contribution >= 4 is 17.5 Å². The van der Waals surface area contributed by atoms with Gasteiger partial charge in [0.05, 0.1) is 27.0 Å². The average molecular weight is 1020 g/mol. The number of ether oxygens (including phenoxy) is 1. The molecule has 4 aromatic carbocycles. The number of aromatic amines is 2. The zero-order chi connectivity index (χ0) is 53.6. The number of aryl methyl sites for hydroxylation is 5. The normalized spacial score (nSPS) is 11.4. The van der Waals surface area contributed by atoms with Crippen molar-refractivity contribution in [2.75, 3.05) is 0 Å². The van der Waals surface area contributed by atoms with Gasteiger partial charge in [0.15, 0.2) is 29.5 Å². The van der Waals surface area contributed by atoms with Gasteiger partial charge >= 0.3 is 29.4 Å². The average Bonchev–Trinajstić information content (AvgIpc) is 4.23. The molecule has 75 heavy (non-hydrogen) atoms. The van der Waals surface area contributed by atoms with Crippen LogP contribution in [0.25, 0.3) is 50.6 Å². The highest BCUT2D eigenvalue weighted by molar-refractivity contribution is 5.93. The maximum absolute atomic E-state index is 13.4. The highest BCUT2D eigenvalue weighted by atomic mass is 16.6. The minimum atomic E-state index is -1.36. The van der Waals surface area contributed by atoms with Crippen molar-refractivity contribution in [3.05, 3.63) is 171 Å². The quantitative estimate of drug-likeness (QED) is 0.0480. The molecule has 5 heterocycles. The number of carboxylic acids is 1. The van der Waals surface area contributed by atoms with E-state index < -0.39 is 23.4 Å². The number of allylic oxidation sites excluding steroid dienone is 1. The summed E-state index contributed by atoms with van der Waals surface area (Å²) in [5, 5.41) is 43.4. The Morgan fingerprint density at radius 3 is 1.59 bits per heavy atom. The number of carbonyl (C=O) groups excluding carboxylic acids is 1. The van der Waals surface area contributed by atoms with Gasteiger partial charge in [-0.1, -0.05) is 115 Å². The lowest BCUT2D eigenvalue weighted by atomic mass is 9.98. The molecule has 9 aromatic rings. The second-order valence-electron chi connectivity index (χ2n) is 18.6. The number of imidazole rings is 2. The van der Waals surface area contributed by atoms with E-state index in [-0.39, 0.29) is 29.5 Å². The Labute approximate surface area is 432 Å². The van der Waals surface area contributed by atoms with Gasteiger partial charge in [0.2, 0.25) is 0 Å². The van der Waals surface area contributed by atoms with Gasteiger partial charge in [0, 0.05) is 25.9 Å². The van der Waals surface area contributed by atoms with E-state index in [1.54, 1.807) is 56.0 Å². The molecule has 5 aromatic heterocycles. The Bertz CT molecular complexity index is 3550. The van der Waals surface area contributed by atoms with Crippen molar-refractivity contribution in [1.82, 2.24) is 49.9 Å². The van der Waals surface area contributed by atoms with Gasteiger partial charge in [-0.05, 0) is 112 Å². The Morgan fingerprint density at radius 2 is 1.19 bits per heavy atom. The third-order valence-corrected chi connectivity index (χ3v) is 12.2. The summed E-state index contributed by atoms with van der Waals surface area (Å²) < 4.78 is 19.0. The van der Waals surface area contributed by atoms with Crippen LogP contribution in [0, 0.1) is 6.92 Å². The summed E-state index contributed by atoms with van der Waals surface area (Å²) in [6, 6.07) is 32.0. The molecule has 0 spiro atoms. The minimum Gasteiger partial charge on any atom is -0.477 e. The first-order valence-electron chi connectivity index (χ1n) is 24.5. The molecular formula is C55H60N12O8+2. The second-order valence-corrected chi connectivity index (χ2v) is 18.6. The molecule has 4 N–H and O–H groups in total. The van der Waals surface area contributed by atoms with Gasteiger partial charge in [-0.15, -0.1) is 0 Å². The van der Waals surface area contributed by atoms with Crippen LogP contribution in [0.1, 0.15) is 114 Å². The topological polar surface area (TPSA) is 254 Å². The van der Waals surface area contributed by atoms with Crippen molar-refractivity contribution in [3.8, 4) is 45.0 Å². The van der Waals surface area contributed by atoms with E-state index in [1.807, 2.05) is 109 Å². The molecule has 20 heteroatoms. The van der Waals surface area contributed by atoms with E-state index in [4.69, 9.17) is 18.6 Å². The second kappa shape index (κ2) is 22.5. The lowest BCUT2D eigenvalue weighted by Crippen LogP contribution is -2.33. The summed E-state index contributed by atoms with van der Waals surface area (Å²) in [6.45, 7) is 15.1. The monoisotopic (exact) mass is 1020 g/mol. The lowest BCUT2D eigenvalue weighted by molar-refractivity contribution is -0.783. The molecule has 9 rings (SSSR count). The van der Waals surface area contributed by atoms with Crippen LogP contribution in [0.3, 0.4) is 0 Å². The van der Waals surface area contributed by atoms with Crippen molar-refractivity contribution in [2.24, 2.45) is 14.1 Å². The number of carbonyl (C=O) groups is 2. The SMILES string of the molecule is C=C(C)c1nc(CCC)n(Cc2ccc(-c3ccccc3-c3n[nH][n+](C)n3)cc2)c1C(=O)OCc1oc(=O)oc1C.CCCc1nc(C(C)(C)O)c(C(=O)O)n1Cc1ccc(-c2ccccc2-c2n[nH][n+](C)n2)cc1. The molecule has 20 nitrogen and oxygen atoms in total. The number of aromatic carboxylic acids is 1. The van der Waals surface area contributed by atoms with Gasteiger partial charge in [-0.25, -0.2) is 24.4 Å². The summed E-state index contributed by atoms with van der Waals surface area (Å²) in [7, 11) is 3.57. The molecule has 0 amide bonds. The number of carboxylic acid groups (broad SMARTS) is 1.